The fraction of sp³-hybridized carbons (Fsp3) is 0. The molecule has 0 radical (unpaired) electrons. The Morgan fingerprint density at radius 1 is 0.889 bits per heavy atom. The van der Waals surface area contributed by atoms with E-state index < -0.39 is 0 Å². The number of rotatable bonds is 2. The smallest absolute Gasteiger partial charge is 0.0660 e. The summed E-state index contributed by atoms with van der Waals surface area (Å²) in [6.07, 6.45) is 3.86. The van der Waals surface area contributed by atoms with Crippen molar-refractivity contribution in [1.82, 2.24) is 9.78 Å². The van der Waals surface area contributed by atoms with Gasteiger partial charge < -0.3 is 0 Å². The summed E-state index contributed by atoms with van der Waals surface area (Å²) in [5.74, 6) is 0. The number of hydrogen-bond acceptors (Lipinski definition) is 1. The summed E-state index contributed by atoms with van der Waals surface area (Å²) in [5.41, 5.74) is 3.21. The van der Waals surface area contributed by atoms with Crippen LogP contribution in [-0.2, 0) is 0 Å². The van der Waals surface area contributed by atoms with Crippen molar-refractivity contribution in [3.05, 3.63) is 72.0 Å². The zero-order valence-corrected chi connectivity index (χ0v) is 10.4. The number of benzene rings is 2. The minimum absolute atomic E-state index is 0.712. The summed E-state index contributed by atoms with van der Waals surface area (Å²) in [5, 5.41) is 5.07. The summed E-state index contributed by atoms with van der Waals surface area (Å²) in [6.45, 7) is 0. The lowest BCUT2D eigenvalue weighted by Gasteiger charge is -2.00. The van der Waals surface area contributed by atoms with E-state index in [1.165, 1.54) is 0 Å². The van der Waals surface area contributed by atoms with Gasteiger partial charge in [0.2, 0.25) is 0 Å². The van der Waals surface area contributed by atoms with Crippen LogP contribution in [0.1, 0.15) is 0 Å². The molecule has 0 unspecified atom stereocenters. The van der Waals surface area contributed by atoms with E-state index in [-0.39, 0.29) is 0 Å². The van der Waals surface area contributed by atoms with Crippen LogP contribution in [0.4, 0.5) is 0 Å². The van der Waals surface area contributed by atoms with Gasteiger partial charge in [-0.25, -0.2) is 4.68 Å². The molecule has 2 aromatic carbocycles. The molecule has 0 aliphatic heterocycles. The van der Waals surface area contributed by atoms with Gasteiger partial charge in [0.1, 0.15) is 0 Å². The Morgan fingerprint density at radius 2 is 1.72 bits per heavy atom. The number of halogens is 1. The van der Waals surface area contributed by atoms with Crippen molar-refractivity contribution >= 4 is 11.6 Å². The first-order chi connectivity index (χ1) is 8.83. The Balaban J connectivity index is 2.00. The fourth-order valence-electron chi connectivity index (χ4n) is 1.86. The Hall–Kier alpha value is -2.06. The molecule has 88 valence electrons. The third-order valence-electron chi connectivity index (χ3n) is 2.76. The highest BCUT2D eigenvalue weighted by Crippen LogP contribution is 2.20. The highest BCUT2D eigenvalue weighted by Gasteiger charge is 2.03. The maximum atomic E-state index is 5.98. The minimum Gasteiger partial charge on any atom is -0.240 e. The van der Waals surface area contributed by atoms with Crippen molar-refractivity contribution in [2.75, 3.05) is 0 Å². The van der Waals surface area contributed by atoms with Crippen LogP contribution < -0.4 is 0 Å². The van der Waals surface area contributed by atoms with E-state index >= 15 is 0 Å². The second-order valence-corrected chi connectivity index (χ2v) is 4.46. The summed E-state index contributed by atoms with van der Waals surface area (Å²) in [7, 11) is 0. The van der Waals surface area contributed by atoms with Crippen molar-refractivity contribution in [1.29, 1.82) is 0 Å². The topological polar surface area (TPSA) is 17.8 Å². The summed E-state index contributed by atoms with van der Waals surface area (Å²) in [4.78, 5) is 0. The maximum absolute atomic E-state index is 5.98. The lowest BCUT2D eigenvalue weighted by atomic mass is 10.1. The van der Waals surface area contributed by atoms with Gasteiger partial charge in [-0.05, 0) is 23.8 Å². The molecule has 0 saturated heterocycles. The van der Waals surface area contributed by atoms with Gasteiger partial charge in [-0.3, -0.25) is 0 Å². The normalized spacial score (nSPS) is 10.5. The van der Waals surface area contributed by atoms with Gasteiger partial charge >= 0.3 is 0 Å². The van der Waals surface area contributed by atoms with Crippen LogP contribution in [0.15, 0.2) is 67.0 Å². The van der Waals surface area contributed by atoms with Crippen LogP contribution in [0, 0.1) is 0 Å². The highest BCUT2D eigenvalue weighted by atomic mass is 35.5. The fourth-order valence-corrected chi connectivity index (χ4v) is 2.05. The maximum Gasteiger partial charge on any atom is 0.0660 e. The van der Waals surface area contributed by atoms with E-state index in [4.69, 9.17) is 11.6 Å². The molecular weight excluding hydrogens is 244 g/mol. The molecule has 0 fully saturated rings. The second kappa shape index (κ2) is 4.67. The molecule has 3 heteroatoms. The first-order valence-electron chi connectivity index (χ1n) is 5.69. The first-order valence-corrected chi connectivity index (χ1v) is 6.07. The largest absolute Gasteiger partial charge is 0.240 e. The second-order valence-electron chi connectivity index (χ2n) is 4.02. The number of nitrogens with zero attached hydrogens (tertiary/aromatic N) is 2. The van der Waals surface area contributed by atoms with Gasteiger partial charge in [0.25, 0.3) is 0 Å². The molecule has 0 aliphatic carbocycles. The Labute approximate surface area is 110 Å². The molecule has 3 rings (SSSR count). The van der Waals surface area contributed by atoms with Gasteiger partial charge in [-0.2, -0.15) is 5.10 Å². The van der Waals surface area contributed by atoms with Gasteiger partial charge in [0, 0.05) is 16.8 Å². The average molecular weight is 255 g/mol. The minimum atomic E-state index is 0.712. The Morgan fingerprint density at radius 3 is 2.50 bits per heavy atom. The number of hydrogen-bond donors (Lipinski definition) is 0. The molecule has 2 nitrogen and oxygen atoms in total. The van der Waals surface area contributed by atoms with E-state index in [1.54, 1.807) is 0 Å². The van der Waals surface area contributed by atoms with Crippen LogP contribution >= 0.6 is 11.6 Å². The molecule has 0 aliphatic rings. The zero-order chi connectivity index (χ0) is 12.4. The van der Waals surface area contributed by atoms with E-state index in [2.05, 4.69) is 17.2 Å². The van der Waals surface area contributed by atoms with E-state index in [9.17, 15) is 0 Å². The summed E-state index contributed by atoms with van der Waals surface area (Å²) in [6, 6.07) is 17.8. The van der Waals surface area contributed by atoms with Crippen LogP contribution in [0.5, 0.6) is 0 Å². The molecule has 0 spiro atoms. The predicted molar refractivity (Wildman–Crippen MR) is 74.0 cm³/mol. The van der Waals surface area contributed by atoms with Crippen molar-refractivity contribution in [3.8, 4) is 16.8 Å². The molecule has 0 bridgehead atoms. The van der Waals surface area contributed by atoms with Crippen LogP contribution in [0.2, 0.25) is 5.02 Å². The van der Waals surface area contributed by atoms with E-state index in [0.29, 0.717) is 5.02 Å². The third-order valence-corrected chi connectivity index (χ3v) is 3.00. The van der Waals surface area contributed by atoms with Gasteiger partial charge in [-0.1, -0.05) is 48.0 Å². The molecule has 1 heterocycles. The third kappa shape index (κ3) is 2.15. The molecule has 0 N–H and O–H groups in total. The molecule has 0 atom stereocenters. The lowest BCUT2D eigenvalue weighted by molar-refractivity contribution is 0.881. The van der Waals surface area contributed by atoms with E-state index in [1.807, 2.05) is 59.5 Å². The molecule has 0 amide bonds. The van der Waals surface area contributed by atoms with Crippen LogP contribution in [-0.4, -0.2) is 9.78 Å². The van der Waals surface area contributed by atoms with Crippen molar-refractivity contribution in [2.24, 2.45) is 0 Å². The lowest BCUT2D eigenvalue weighted by Crippen LogP contribution is -1.92. The molecular formula is C15H11ClN2. The Bertz CT molecular complexity index is 659. The Kier molecular flexibility index (Phi) is 2.87. The van der Waals surface area contributed by atoms with Gasteiger partial charge in [-0.15, -0.1) is 0 Å². The van der Waals surface area contributed by atoms with Gasteiger partial charge in [0.15, 0.2) is 0 Å². The average Bonchev–Trinajstić information content (AvgIpc) is 2.89. The van der Waals surface area contributed by atoms with Crippen LogP contribution in [0.3, 0.4) is 0 Å². The number of aromatic nitrogens is 2. The molecule has 1 aromatic heterocycles. The molecule has 0 saturated carbocycles. The van der Waals surface area contributed by atoms with Gasteiger partial charge in [0.05, 0.1) is 11.9 Å². The standard InChI is InChI=1S/C15H11ClN2/c16-14-7-4-8-15(9-14)18-11-13(10-17-18)12-5-2-1-3-6-12/h1-11H. The molecule has 18 heavy (non-hydrogen) atoms. The molecule has 3 aromatic rings. The quantitative estimate of drug-likeness (QED) is 0.670. The van der Waals surface area contributed by atoms with Crippen LogP contribution in [0.25, 0.3) is 16.8 Å². The van der Waals surface area contributed by atoms with Crippen molar-refractivity contribution < 1.29 is 0 Å². The predicted octanol–water partition coefficient (Wildman–Crippen LogP) is 4.19. The SMILES string of the molecule is Clc1cccc(-n2cc(-c3ccccc3)cn2)c1. The zero-order valence-electron chi connectivity index (χ0n) is 9.62. The first kappa shape index (κ1) is 11.1. The monoisotopic (exact) mass is 254 g/mol. The summed E-state index contributed by atoms with van der Waals surface area (Å²) >= 11 is 5.98. The van der Waals surface area contributed by atoms with Crippen molar-refractivity contribution in [2.45, 2.75) is 0 Å². The van der Waals surface area contributed by atoms with Crippen molar-refractivity contribution in [3.63, 3.8) is 0 Å². The highest BCUT2D eigenvalue weighted by molar-refractivity contribution is 6.30. The van der Waals surface area contributed by atoms with E-state index in [0.717, 1.165) is 16.8 Å². The summed E-state index contributed by atoms with van der Waals surface area (Å²) < 4.78 is 1.83.